The number of fused-ring (bicyclic) bond motifs is 1. The molecule has 0 saturated carbocycles. The lowest BCUT2D eigenvalue weighted by atomic mass is 10.0. The van der Waals surface area contributed by atoms with Crippen LogP contribution in [0.2, 0.25) is 0 Å². The van der Waals surface area contributed by atoms with E-state index in [4.69, 9.17) is 4.74 Å². The van der Waals surface area contributed by atoms with Crippen LogP contribution in [0.25, 0.3) is 22.0 Å². The lowest BCUT2D eigenvalue weighted by Crippen LogP contribution is -2.29. The van der Waals surface area contributed by atoms with Crippen LogP contribution in [0, 0.1) is 6.92 Å². The Morgan fingerprint density at radius 1 is 1.06 bits per heavy atom. The molecule has 0 saturated heterocycles. The van der Waals surface area contributed by atoms with Crippen LogP contribution in [0.3, 0.4) is 0 Å². The predicted octanol–water partition coefficient (Wildman–Crippen LogP) is 4.71. The molecule has 7 heteroatoms. The molecule has 0 bridgehead atoms. The Morgan fingerprint density at radius 3 is 2.53 bits per heavy atom. The molecule has 0 unspecified atom stereocenters. The molecule has 2 heterocycles. The Bertz CT molecular complexity index is 1340. The highest BCUT2D eigenvalue weighted by atomic mass is 16.5. The zero-order valence-electron chi connectivity index (χ0n) is 18.3. The van der Waals surface area contributed by atoms with Crippen LogP contribution >= 0.6 is 0 Å². The van der Waals surface area contributed by atoms with Crippen LogP contribution in [0.1, 0.15) is 29.8 Å². The van der Waals surface area contributed by atoms with Crippen LogP contribution in [-0.4, -0.2) is 27.3 Å². The maximum Gasteiger partial charge on any atom is 0.342 e. The number of ether oxygens (including phenoxy) is 1. The maximum absolute atomic E-state index is 13.3. The monoisotopic (exact) mass is 428 g/mol. The highest BCUT2D eigenvalue weighted by Gasteiger charge is 2.25. The van der Waals surface area contributed by atoms with E-state index in [0.717, 1.165) is 21.9 Å². The normalized spacial score (nSPS) is 10.8. The van der Waals surface area contributed by atoms with Crippen LogP contribution in [0.4, 0.5) is 11.4 Å². The van der Waals surface area contributed by atoms with Crippen molar-refractivity contribution in [2.75, 3.05) is 11.9 Å². The molecule has 0 amide bonds. The Hall–Kier alpha value is -4.00. The van der Waals surface area contributed by atoms with Gasteiger partial charge in [0.2, 0.25) is 0 Å². The van der Waals surface area contributed by atoms with Gasteiger partial charge in [-0.05, 0) is 20.8 Å². The zero-order chi connectivity index (χ0) is 22.7. The lowest BCUT2D eigenvalue weighted by molar-refractivity contribution is 0.0527. The van der Waals surface area contributed by atoms with Gasteiger partial charge >= 0.3 is 5.97 Å². The van der Waals surface area contributed by atoms with Gasteiger partial charge in [0.25, 0.3) is 5.56 Å². The SMILES string of the molecule is CCOC(=O)c1c(-c2ccc(C)cc2)nn(CC)c(=O)c1Nc1cncc2ccccc12. The van der Waals surface area contributed by atoms with E-state index in [2.05, 4.69) is 15.4 Å². The quantitative estimate of drug-likeness (QED) is 0.448. The number of hydrogen-bond acceptors (Lipinski definition) is 6. The standard InChI is InChI=1S/C25H24N4O3/c1-4-29-24(30)23(27-20-15-26-14-18-8-6-7-9-19(18)20)21(25(31)32-5-2)22(28-29)17-12-10-16(3)11-13-17/h6-15,27H,4-5H2,1-3H3. The molecule has 0 atom stereocenters. The third kappa shape index (κ3) is 3.97. The van der Waals surface area contributed by atoms with Gasteiger partial charge < -0.3 is 10.1 Å². The van der Waals surface area contributed by atoms with Gasteiger partial charge in [0.15, 0.2) is 0 Å². The third-order valence-electron chi connectivity index (χ3n) is 5.19. The molecule has 0 radical (unpaired) electrons. The summed E-state index contributed by atoms with van der Waals surface area (Å²) in [5.74, 6) is -0.605. The fraction of sp³-hybridized carbons (Fsp3) is 0.200. The van der Waals surface area contributed by atoms with E-state index >= 15 is 0 Å². The molecule has 0 fully saturated rings. The van der Waals surface area contributed by atoms with Crippen LogP contribution in [0.5, 0.6) is 0 Å². The summed E-state index contributed by atoms with van der Waals surface area (Å²) in [4.78, 5) is 30.7. The number of pyridine rings is 1. The summed E-state index contributed by atoms with van der Waals surface area (Å²) in [5.41, 5.74) is 2.64. The number of rotatable bonds is 6. The third-order valence-corrected chi connectivity index (χ3v) is 5.19. The molecule has 0 spiro atoms. The van der Waals surface area contributed by atoms with E-state index < -0.39 is 11.5 Å². The molecule has 0 aliphatic carbocycles. The molecule has 1 N–H and O–H groups in total. The molecule has 2 aromatic heterocycles. The van der Waals surface area contributed by atoms with Crippen LogP contribution < -0.4 is 10.9 Å². The topological polar surface area (TPSA) is 86.1 Å². The molecule has 2 aromatic carbocycles. The molecule has 7 nitrogen and oxygen atoms in total. The second-order valence-electron chi connectivity index (χ2n) is 7.34. The molecular weight excluding hydrogens is 404 g/mol. The van der Waals surface area contributed by atoms with Crippen molar-refractivity contribution in [2.45, 2.75) is 27.3 Å². The van der Waals surface area contributed by atoms with Gasteiger partial charge in [-0.25, -0.2) is 9.48 Å². The summed E-state index contributed by atoms with van der Waals surface area (Å²) >= 11 is 0. The molecule has 0 aliphatic heterocycles. The highest BCUT2D eigenvalue weighted by molar-refractivity contribution is 6.03. The number of aryl methyl sites for hydroxylation is 2. The highest BCUT2D eigenvalue weighted by Crippen LogP contribution is 2.30. The minimum Gasteiger partial charge on any atom is -0.462 e. The number of aromatic nitrogens is 3. The molecule has 4 aromatic rings. The first-order chi connectivity index (χ1) is 15.5. The summed E-state index contributed by atoms with van der Waals surface area (Å²) in [6.07, 6.45) is 3.39. The summed E-state index contributed by atoms with van der Waals surface area (Å²) in [6.45, 7) is 6.07. The van der Waals surface area contributed by atoms with Crippen molar-refractivity contribution in [1.82, 2.24) is 14.8 Å². The molecular formula is C25H24N4O3. The van der Waals surface area contributed by atoms with E-state index in [1.807, 2.05) is 62.4 Å². The van der Waals surface area contributed by atoms with Gasteiger partial charge in [0.05, 0.1) is 18.5 Å². The van der Waals surface area contributed by atoms with E-state index in [1.54, 1.807) is 19.3 Å². The number of nitrogens with zero attached hydrogens (tertiary/aromatic N) is 3. The van der Waals surface area contributed by atoms with Crippen LogP contribution in [0.15, 0.2) is 65.7 Å². The summed E-state index contributed by atoms with van der Waals surface area (Å²) in [6, 6.07) is 15.3. The van der Waals surface area contributed by atoms with Crippen molar-refractivity contribution >= 4 is 28.1 Å². The van der Waals surface area contributed by atoms with E-state index in [0.29, 0.717) is 17.9 Å². The molecule has 32 heavy (non-hydrogen) atoms. The van der Waals surface area contributed by atoms with Crippen molar-refractivity contribution < 1.29 is 9.53 Å². The first-order valence-corrected chi connectivity index (χ1v) is 10.5. The fourth-order valence-corrected chi connectivity index (χ4v) is 3.57. The van der Waals surface area contributed by atoms with Gasteiger partial charge in [-0.3, -0.25) is 9.78 Å². The van der Waals surface area contributed by atoms with Gasteiger partial charge in [0.1, 0.15) is 16.9 Å². The average Bonchev–Trinajstić information content (AvgIpc) is 2.81. The van der Waals surface area contributed by atoms with Crippen molar-refractivity contribution in [3.8, 4) is 11.3 Å². The molecule has 4 rings (SSSR count). The Kier molecular flexibility index (Phi) is 5.98. The minimum absolute atomic E-state index is 0.110. The largest absolute Gasteiger partial charge is 0.462 e. The number of carbonyl (C=O) groups is 1. The second kappa shape index (κ2) is 9.01. The first kappa shape index (κ1) is 21.2. The predicted molar refractivity (Wildman–Crippen MR) is 125 cm³/mol. The second-order valence-corrected chi connectivity index (χ2v) is 7.34. The smallest absolute Gasteiger partial charge is 0.342 e. The minimum atomic E-state index is -0.605. The fourth-order valence-electron chi connectivity index (χ4n) is 3.57. The Morgan fingerprint density at radius 2 is 1.81 bits per heavy atom. The molecule has 162 valence electrons. The number of nitrogens with one attached hydrogen (secondary N) is 1. The summed E-state index contributed by atoms with van der Waals surface area (Å²) < 4.78 is 6.67. The van der Waals surface area contributed by atoms with Gasteiger partial charge in [-0.2, -0.15) is 5.10 Å². The number of esters is 1. The van der Waals surface area contributed by atoms with Gasteiger partial charge in [-0.15, -0.1) is 0 Å². The first-order valence-electron chi connectivity index (χ1n) is 10.5. The number of hydrogen-bond donors (Lipinski definition) is 1. The zero-order valence-corrected chi connectivity index (χ0v) is 18.3. The average molecular weight is 428 g/mol. The number of anilines is 2. The maximum atomic E-state index is 13.3. The lowest BCUT2D eigenvalue weighted by Gasteiger charge is -2.17. The van der Waals surface area contributed by atoms with Crippen molar-refractivity contribution in [2.24, 2.45) is 0 Å². The van der Waals surface area contributed by atoms with Crippen molar-refractivity contribution in [3.05, 3.63) is 82.4 Å². The Balaban J connectivity index is 1.99. The van der Waals surface area contributed by atoms with Crippen LogP contribution in [-0.2, 0) is 11.3 Å². The number of carbonyl (C=O) groups excluding carboxylic acids is 1. The van der Waals surface area contributed by atoms with Crippen molar-refractivity contribution in [3.63, 3.8) is 0 Å². The van der Waals surface area contributed by atoms with Gasteiger partial charge in [-0.1, -0.05) is 54.1 Å². The number of benzene rings is 2. The summed E-state index contributed by atoms with van der Waals surface area (Å²) in [5, 5.41) is 9.49. The van der Waals surface area contributed by atoms with E-state index in [1.165, 1.54) is 4.68 Å². The van der Waals surface area contributed by atoms with Gasteiger partial charge in [0, 0.05) is 29.1 Å². The van der Waals surface area contributed by atoms with E-state index in [-0.39, 0.29) is 17.9 Å². The van der Waals surface area contributed by atoms with Crippen molar-refractivity contribution in [1.29, 1.82) is 0 Å². The Labute approximate surface area is 185 Å². The molecule has 0 aliphatic rings. The van der Waals surface area contributed by atoms with E-state index in [9.17, 15) is 9.59 Å². The summed E-state index contributed by atoms with van der Waals surface area (Å²) in [7, 11) is 0.